The number of nitrogens with one attached hydrogen (secondary N) is 1. The number of halogens is 1. The summed E-state index contributed by atoms with van der Waals surface area (Å²) in [7, 11) is -1.78. The van der Waals surface area contributed by atoms with Crippen molar-refractivity contribution >= 4 is 37.3 Å². The van der Waals surface area contributed by atoms with Gasteiger partial charge in [-0.25, -0.2) is 8.42 Å². The molecule has 1 N–H and O–H groups in total. The maximum atomic E-state index is 13.1. The first kappa shape index (κ1) is 20.1. The number of nitro groups is 1. The molecule has 25 heavy (non-hydrogen) atoms. The molecule has 0 atom stereocenters. The van der Waals surface area contributed by atoms with E-state index in [9.17, 15) is 18.5 Å². The molecule has 140 valence electrons. The highest BCUT2D eigenvalue weighted by molar-refractivity contribution is 9.09. The van der Waals surface area contributed by atoms with Crippen LogP contribution in [0, 0.1) is 10.1 Å². The predicted octanol–water partition coefficient (Wildman–Crippen LogP) is 2.12. The van der Waals surface area contributed by atoms with E-state index in [1.54, 1.807) is 0 Å². The van der Waals surface area contributed by atoms with Crippen LogP contribution in [0.4, 0.5) is 11.4 Å². The Labute approximate surface area is 156 Å². The summed E-state index contributed by atoms with van der Waals surface area (Å²) in [5.74, 6) is 0. The van der Waals surface area contributed by atoms with Crippen LogP contribution in [0.25, 0.3) is 0 Å². The third-order valence-electron chi connectivity index (χ3n) is 4.10. The summed E-state index contributed by atoms with van der Waals surface area (Å²) in [4.78, 5) is 12.7. The van der Waals surface area contributed by atoms with Gasteiger partial charge in [0.2, 0.25) is 10.0 Å². The van der Waals surface area contributed by atoms with Gasteiger partial charge in [0.05, 0.1) is 10.6 Å². The average Bonchev–Trinajstić information content (AvgIpc) is 2.55. The van der Waals surface area contributed by atoms with E-state index in [1.807, 2.05) is 7.05 Å². The Hall–Kier alpha value is -1.23. The molecule has 1 heterocycles. The maximum Gasteiger partial charge on any atom is 0.270 e. The highest BCUT2D eigenvalue weighted by atomic mass is 79.9. The van der Waals surface area contributed by atoms with Crippen LogP contribution in [-0.2, 0) is 10.0 Å². The molecule has 0 amide bonds. The Bertz CT molecular complexity index is 703. The molecule has 2 rings (SSSR count). The first-order valence-corrected chi connectivity index (χ1v) is 10.7. The lowest BCUT2D eigenvalue weighted by Gasteiger charge is -2.28. The number of non-ortho nitro benzene ring substituents is 1. The summed E-state index contributed by atoms with van der Waals surface area (Å²) in [5, 5.41) is 14.7. The Morgan fingerprint density at radius 3 is 2.44 bits per heavy atom. The van der Waals surface area contributed by atoms with Gasteiger partial charge >= 0.3 is 0 Å². The van der Waals surface area contributed by atoms with Gasteiger partial charge in [-0.2, -0.15) is 4.31 Å². The van der Waals surface area contributed by atoms with Gasteiger partial charge in [-0.1, -0.05) is 15.9 Å². The molecule has 0 unspecified atom stereocenters. The molecule has 0 saturated carbocycles. The van der Waals surface area contributed by atoms with Gasteiger partial charge in [0.1, 0.15) is 4.90 Å². The largest absolute Gasteiger partial charge is 0.383 e. The molecule has 1 aromatic rings. The van der Waals surface area contributed by atoms with E-state index in [4.69, 9.17) is 0 Å². The standard InChI is InChI=1S/C15H23BrN4O4S/c1-18-8-2-10-19(11-3-9-18)25(23,24)15-12-13(20(21)22)4-5-14(15)17-7-6-16/h4-5,12,17H,2-3,6-11H2,1H3. The maximum absolute atomic E-state index is 13.1. The number of hydrogen-bond acceptors (Lipinski definition) is 6. The topological polar surface area (TPSA) is 95.8 Å². The lowest BCUT2D eigenvalue weighted by Crippen LogP contribution is -2.38. The Kier molecular flexibility index (Phi) is 7.17. The third-order valence-corrected chi connectivity index (χ3v) is 6.43. The monoisotopic (exact) mass is 434 g/mol. The van der Waals surface area contributed by atoms with Crippen LogP contribution in [0.3, 0.4) is 0 Å². The smallest absolute Gasteiger partial charge is 0.270 e. The second kappa shape index (κ2) is 8.93. The zero-order valence-electron chi connectivity index (χ0n) is 14.1. The number of alkyl halides is 1. The molecule has 0 aliphatic carbocycles. The van der Waals surface area contributed by atoms with Gasteiger partial charge in [-0.15, -0.1) is 0 Å². The molecular formula is C15H23BrN4O4S. The second-order valence-electron chi connectivity index (χ2n) is 5.97. The van der Waals surface area contributed by atoms with Crippen molar-refractivity contribution in [2.24, 2.45) is 0 Å². The summed E-state index contributed by atoms with van der Waals surface area (Å²) in [6.07, 6.45) is 1.46. The fourth-order valence-electron chi connectivity index (χ4n) is 2.80. The molecule has 0 aromatic heterocycles. The van der Waals surface area contributed by atoms with Crippen molar-refractivity contribution in [1.29, 1.82) is 0 Å². The second-order valence-corrected chi connectivity index (χ2v) is 8.67. The van der Waals surface area contributed by atoms with Gasteiger partial charge in [0.25, 0.3) is 5.69 Å². The van der Waals surface area contributed by atoms with Crippen molar-refractivity contribution in [3.8, 4) is 0 Å². The Balaban J connectivity index is 2.37. The Morgan fingerprint density at radius 1 is 1.24 bits per heavy atom. The lowest BCUT2D eigenvalue weighted by molar-refractivity contribution is -0.385. The van der Waals surface area contributed by atoms with Gasteiger partial charge < -0.3 is 10.2 Å². The van der Waals surface area contributed by atoms with Crippen LogP contribution in [0.15, 0.2) is 23.1 Å². The molecule has 1 aliphatic heterocycles. The van der Waals surface area contributed by atoms with E-state index in [0.29, 0.717) is 30.7 Å². The number of sulfonamides is 1. The molecule has 1 aliphatic rings. The number of rotatable bonds is 6. The normalized spacial score (nSPS) is 17.7. The minimum atomic E-state index is -3.80. The third kappa shape index (κ3) is 5.13. The predicted molar refractivity (Wildman–Crippen MR) is 101 cm³/mol. The molecule has 1 saturated heterocycles. The molecule has 1 aromatic carbocycles. The lowest BCUT2D eigenvalue weighted by atomic mass is 10.3. The number of nitrogens with zero attached hydrogens (tertiary/aromatic N) is 3. The SMILES string of the molecule is CN1CCCN(S(=O)(=O)c2cc([N+](=O)[O-])ccc2NCCBr)CCC1. The van der Waals surface area contributed by atoms with E-state index >= 15 is 0 Å². The van der Waals surface area contributed by atoms with Crippen molar-refractivity contribution < 1.29 is 13.3 Å². The van der Waals surface area contributed by atoms with Crippen molar-refractivity contribution in [3.05, 3.63) is 28.3 Å². The molecule has 8 nitrogen and oxygen atoms in total. The number of nitro benzene ring substituents is 1. The van der Waals surface area contributed by atoms with E-state index in [-0.39, 0.29) is 10.6 Å². The van der Waals surface area contributed by atoms with Crippen LogP contribution < -0.4 is 5.32 Å². The van der Waals surface area contributed by atoms with E-state index in [2.05, 4.69) is 26.1 Å². The minimum absolute atomic E-state index is 0.0309. The quantitative estimate of drug-likeness (QED) is 0.418. The molecule has 0 spiro atoms. The van der Waals surface area contributed by atoms with Crippen LogP contribution in [-0.4, -0.2) is 67.6 Å². The van der Waals surface area contributed by atoms with Gasteiger partial charge in [0.15, 0.2) is 0 Å². The Morgan fingerprint density at radius 2 is 1.88 bits per heavy atom. The highest BCUT2D eigenvalue weighted by Gasteiger charge is 2.29. The number of hydrogen-bond donors (Lipinski definition) is 1. The molecular weight excluding hydrogens is 412 g/mol. The van der Waals surface area contributed by atoms with Gasteiger partial charge in [-0.05, 0) is 39.0 Å². The van der Waals surface area contributed by atoms with Crippen molar-refractivity contribution in [1.82, 2.24) is 9.21 Å². The number of anilines is 1. The number of benzene rings is 1. The van der Waals surface area contributed by atoms with Gasteiger partial charge in [-0.3, -0.25) is 10.1 Å². The van der Waals surface area contributed by atoms with Crippen LogP contribution in [0.2, 0.25) is 0 Å². The van der Waals surface area contributed by atoms with Crippen molar-refractivity contribution in [2.45, 2.75) is 17.7 Å². The highest BCUT2D eigenvalue weighted by Crippen LogP contribution is 2.29. The van der Waals surface area contributed by atoms with E-state index < -0.39 is 14.9 Å². The first-order valence-electron chi connectivity index (χ1n) is 8.13. The molecule has 0 bridgehead atoms. The van der Waals surface area contributed by atoms with E-state index in [0.717, 1.165) is 32.0 Å². The van der Waals surface area contributed by atoms with Crippen molar-refractivity contribution in [2.75, 3.05) is 50.4 Å². The zero-order chi connectivity index (χ0) is 18.4. The summed E-state index contributed by atoms with van der Waals surface area (Å²) in [5.41, 5.74) is 0.166. The first-order chi connectivity index (χ1) is 11.9. The summed E-state index contributed by atoms with van der Waals surface area (Å²) in [6, 6.07) is 3.93. The van der Waals surface area contributed by atoms with E-state index in [1.165, 1.54) is 16.4 Å². The van der Waals surface area contributed by atoms with Crippen LogP contribution >= 0.6 is 15.9 Å². The van der Waals surface area contributed by atoms with Crippen molar-refractivity contribution in [3.63, 3.8) is 0 Å². The fourth-order valence-corrected chi connectivity index (χ4v) is 4.71. The average molecular weight is 435 g/mol. The molecule has 1 fully saturated rings. The fraction of sp³-hybridized carbons (Fsp3) is 0.600. The summed E-state index contributed by atoms with van der Waals surface area (Å²) >= 11 is 3.29. The summed E-state index contributed by atoms with van der Waals surface area (Å²) in [6.45, 7) is 3.00. The molecule has 10 heteroatoms. The summed E-state index contributed by atoms with van der Waals surface area (Å²) < 4.78 is 27.7. The zero-order valence-corrected chi connectivity index (χ0v) is 16.6. The van der Waals surface area contributed by atoms with Gasteiger partial charge in [0, 0.05) is 37.1 Å². The minimum Gasteiger partial charge on any atom is -0.383 e. The van der Waals surface area contributed by atoms with Crippen LogP contribution in [0.1, 0.15) is 12.8 Å². The molecule has 0 radical (unpaired) electrons. The van der Waals surface area contributed by atoms with Crippen LogP contribution in [0.5, 0.6) is 0 Å².